The predicted octanol–water partition coefficient (Wildman–Crippen LogP) is 3.69. The van der Waals surface area contributed by atoms with Crippen molar-refractivity contribution in [1.29, 1.82) is 0 Å². The summed E-state index contributed by atoms with van der Waals surface area (Å²) in [7, 11) is 1.89. The third kappa shape index (κ3) is 4.85. The maximum absolute atomic E-state index is 12.2. The van der Waals surface area contributed by atoms with E-state index in [1.807, 2.05) is 61.9 Å². The second-order valence-electron chi connectivity index (χ2n) is 7.21. The highest BCUT2D eigenvalue weighted by Gasteiger charge is 2.19. The maximum atomic E-state index is 12.2. The molecule has 2 aromatic carbocycles. The number of likely N-dealkylation sites (tertiary alicyclic amines) is 1. The molecule has 1 amide bonds. The molecule has 1 aliphatic rings. The molecule has 8 heteroatoms. The first-order valence-corrected chi connectivity index (χ1v) is 10.1. The molecule has 31 heavy (non-hydrogen) atoms. The van der Waals surface area contributed by atoms with Crippen molar-refractivity contribution in [2.24, 2.45) is 0 Å². The quantitative estimate of drug-likeness (QED) is 0.512. The van der Waals surface area contributed by atoms with E-state index in [4.69, 9.17) is 0 Å². The fourth-order valence-electron chi connectivity index (χ4n) is 3.34. The summed E-state index contributed by atoms with van der Waals surface area (Å²) >= 11 is 0. The molecule has 3 heterocycles. The van der Waals surface area contributed by atoms with Crippen molar-refractivity contribution in [3.05, 3.63) is 67.0 Å². The van der Waals surface area contributed by atoms with Crippen LogP contribution in [-0.2, 0) is 4.79 Å². The molecule has 0 bridgehead atoms. The number of hydrogen-bond acceptors (Lipinski definition) is 5. The minimum atomic E-state index is -0.778. The van der Waals surface area contributed by atoms with Crippen LogP contribution in [0.25, 0.3) is 28.3 Å². The van der Waals surface area contributed by atoms with Crippen LogP contribution >= 0.6 is 0 Å². The van der Waals surface area contributed by atoms with Crippen molar-refractivity contribution in [1.82, 2.24) is 24.5 Å². The van der Waals surface area contributed by atoms with Gasteiger partial charge in [0.15, 0.2) is 5.82 Å². The lowest BCUT2D eigenvalue weighted by atomic mass is 10.1. The monoisotopic (exact) mass is 418 g/mol. The number of aromatic nitrogens is 4. The summed E-state index contributed by atoms with van der Waals surface area (Å²) in [6.07, 6.45) is 4.21. The van der Waals surface area contributed by atoms with E-state index in [1.54, 1.807) is 4.52 Å². The first-order chi connectivity index (χ1) is 15.2. The lowest BCUT2D eigenvalue weighted by molar-refractivity contribution is -0.117. The normalized spacial score (nSPS) is 15.4. The standard InChI is InChI=1S/C18H15N5.C5H8FNO/c1-19-16-9-5-8-14(10-16)17-21-18-20-11-15(12-23(18)22-17)13-6-3-2-4-7-13;6-5-1-2-7(3-5)4-8/h2-12,19H,1H3;4-5H,1-3H2. The van der Waals surface area contributed by atoms with E-state index in [0.29, 0.717) is 37.5 Å². The van der Waals surface area contributed by atoms with E-state index < -0.39 is 6.17 Å². The van der Waals surface area contributed by atoms with Crippen molar-refractivity contribution >= 4 is 17.9 Å². The molecular weight excluding hydrogens is 395 g/mol. The van der Waals surface area contributed by atoms with Crippen LogP contribution in [0.4, 0.5) is 10.1 Å². The van der Waals surface area contributed by atoms with E-state index in [-0.39, 0.29) is 0 Å². The smallest absolute Gasteiger partial charge is 0.252 e. The Morgan fingerprint density at radius 2 is 1.90 bits per heavy atom. The summed E-state index contributed by atoms with van der Waals surface area (Å²) in [5.74, 6) is 1.26. The molecule has 0 aliphatic carbocycles. The molecule has 4 aromatic rings. The van der Waals surface area contributed by atoms with E-state index in [2.05, 4.69) is 32.5 Å². The Kier molecular flexibility index (Phi) is 6.16. The first-order valence-electron chi connectivity index (χ1n) is 10.1. The molecular formula is C23H23FN6O. The molecule has 0 saturated carbocycles. The second kappa shape index (κ2) is 9.34. The Bertz CT molecular complexity index is 1160. The summed E-state index contributed by atoms with van der Waals surface area (Å²) in [5, 5.41) is 7.68. The van der Waals surface area contributed by atoms with Gasteiger partial charge in [-0.25, -0.2) is 13.9 Å². The number of halogens is 1. The Morgan fingerprint density at radius 1 is 1.10 bits per heavy atom. The van der Waals surface area contributed by atoms with Gasteiger partial charge in [0.05, 0.1) is 6.54 Å². The minimum Gasteiger partial charge on any atom is -0.388 e. The molecule has 1 N–H and O–H groups in total. The zero-order valence-corrected chi connectivity index (χ0v) is 17.1. The molecule has 7 nitrogen and oxygen atoms in total. The molecule has 1 atom stereocenters. The fraction of sp³-hybridized carbons (Fsp3) is 0.217. The number of nitrogens with one attached hydrogen (secondary N) is 1. The average Bonchev–Trinajstić information content (AvgIpc) is 3.45. The number of carbonyl (C=O) groups is 1. The van der Waals surface area contributed by atoms with E-state index >= 15 is 0 Å². The van der Waals surface area contributed by atoms with E-state index in [1.165, 1.54) is 4.90 Å². The number of nitrogens with zero attached hydrogens (tertiary/aromatic N) is 5. The van der Waals surface area contributed by atoms with Crippen molar-refractivity contribution in [3.8, 4) is 22.5 Å². The van der Waals surface area contributed by atoms with Gasteiger partial charge in [0.1, 0.15) is 6.17 Å². The number of benzene rings is 2. The number of alkyl halides is 1. The predicted molar refractivity (Wildman–Crippen MR) is 118 cm³/mol. The Hall–Kier alpha value is -3.81. The number of hydrogen-bond donors (Lipinski definition) is 1. The highest BCUT2D eigenvalue weighted by Crippen LogP contribution is 2.22. The van der Waals surface area contributed by atoms with Gasteiger partial charge in [-0.15, -0.1) is 5.10 Å². The fourth-order valence-corrected chi connectivity index (χ4v) is 3.34. The van der Waals surface area contributed by atoms with Crippen LogP contribution in [0.15, 0.2) is 67.0 Å². The maximum Gasteiger partial charge on any atom is 0.252 e. The molecule has 1 unspecified atom stereocenters. The molecule has 158 valence electrons. The average molecular weight is 418 g/mol. The number of fused-ring (bicyclic) bond motifs is 1. The molecule has 0 radical (unpaired) electrons. The number of anilines is 1. The van der Waals surface area contributed by atoms with Crippen molar-refractivity contribution in [3.63, 3.8) is 0 Å². The van der Waals surface area contributed by atoms with Gasteiger partial charge in [0.25, 0.3) is 5.78 Å². The Morgan fingerprint density at radius 3 is 2.58 bits per heavy atom. The summed E-state index contributed by atoms with van der Waals surface area (Å²) in [6.45, 7) is 0.883. The van der Waals surface area contributed by atoms with Crippen LogP contribution < -0.4 is 5.32 Å². The van der Waals surface area contributed by atoms with Crippen LogP contribution in [0.3, 0.4) is 0 Å². The molecule has 1 saturated heterocycles. The Balaban J connectivity index is 0.000000245. The first kappa shape index (κ1) is 20.5. The SMILES string of the molecule is CNc1cccc(-c2nc3ncc(-c4ccccc4)cn3n2)c1.O=CN1CCC(F)C1. The topological polar surface area (TPSA) is 75.4 Å². The largest absolute Gasteiger partial charge is 0.388 e. The van der Waals surface area contributed by atoms with E-state index in [0.717, 1.165) is 22.4 Å². The molecule has 1 fully saturated rings. The second-order valence-corrected chi connectivity index (χ2v) is 7.21. The molecule has 0 spiro atoms. The van der Waals surface area contributed by atoms with Gasteiger partial charge in [0, 0.05) is 42.8 Å². The zero-order chi connectivity index (χ0) is 21.6. The van der Waals surface area contributed by atoms with Crippen molar-refractivity contribution in [2.75, 3.05) is 25.5 Å². The number of rotatable bonds is 4. The molecule has 5 rings (SSSR count). The van der Waals surface area contributed by atoms with Crippen molar-refractivity contribution < 1.29 is 9.18 Å². The highest BCUT2D eigenvalue weighted by atomic mass is 19.1. The van der Waals surface area contributed by atoms with Crippen LogP contribution in [0.2, 0.25) is 0 Å². The highest BCUT2D eigenvalue weighted by molar-refractivity contribution is 5.65. The van der Waals surface area contributed by atoms with Gasteiger partial charge in [-0.2, -0.15) is 4.98 Å². The van der Waals surface area contributed by atoms with Gasteiger partial charge in [-0.1, -0.05) is 42.5 Å². The lowest BCUT2D eigenvalue weighted by Crippen LogP contribution is -2.18. The third-order valence-corrected chi connectivity index (χ3v) is 5.02. The lowest BCUT2D eigenvalue weighted by Gasteiger charge is -2.03. The summed E-state index contributed by atoms with van der Waals surface area (Å²) < 4.78 is 13.9. The van der Waals surface area contributed by atoms with Crippen LogP contribution in [0.1, 0.15) is 6.42 Å². The summed E-state index contributed by atoms with van der Waals surface area (Å²) in [6, 6.07) is 18.1. The van der Waals surface area contributed by atoms with Gasteiger partial charge in [-0.05, 0) is 24.1 Å². The number of amides is 1. The van der Waals surface area contributed by atoms with Gasteiger partial charge in [-0.3, -0.25) is 4.79 Å². The van der Waals surface area contributed by atoms with Gasteiger partial charge >= 0.3 is 0 Å². The van der Waals surface area contributed by atoms with Crippen LogP contribution in [-0.4, -0.2) is 57.2 Å². The minimum absolute atomic E-state index is 0.295. The molecule has 2 aromatic heterocycles. The van der Waals surface area contributed by atoms with E-state index in [9.17, 15) is 9.18 Å². The molecule has 1 aliphatic heterocycles. The van der Waals surface area contributed by atoms with Crippen molar-refractivity contribution in [2.45, 2.75) is 12.6 Å². The summed E-state index contributed by atoms with van der Waals surface area (Å²) in [4.78, 5) is 20.3. The van der Waals surface area contributed by atoms with Gasteiger partial charge < -0.3 is 10.2 Å². The van der Waals surface area contributed by atoms with Crippen LogP contribution in [0.5, 0.6) is 0 Å². The van der Waals surface area contributed by atoms with Gasteiger partial charge in [0.2, 0.25) is 6.41 Å². The Labute approximate surface area is 179 Å². The zero-order valence-electron chi connectivity index (χ0n) is 17.1. The number of carbonyl (C=O) groups excluding carboxylic acids is 1. The van der Waals surface area contributed by atoms with Crippen LogP contribution in [0, 0.1) is 0 Å². The third-order valence-electron chi connectivity index (χ3n) is 5.02. The summed E-state index contributed by atoms with van der Waals surface area (Å²) in [5.41, 5.74) is 4.11.